The number of ether oxygens (including phenoxy) is 1. The number of nitrogens with one attached hydrogen (secondary N) is 1. The molecule has 0 aliphatic heterocycles. The Hall–Kier alpha value is -2.63. The molecule has 1 amide bonds. The molecule has 0 heterocycles. The van der Waals surface area contributed by atoms with Crippen molar-refractivity contribution in [3.8, 4) is 5.75 Å². The number of carbonyl (C=O) groups is 1. The van der Waals surface area contributed by atoms with E-state index in [0.717, 1.165) is 6.07 Å². The Kier molecular flexibility index (Phi) is 4.37. The van der Waals surface area contributed by atoms with Gasteiger partial charge in [0, 0.05) is 17.3 Å². The van der Waals surface area contributed by atoms with Crippen LogP contribution >= 0.6 is 0 Å². The molecule has 0 bridgehead atoms. The van der Waals surface area contributed by atoms with Crippen molar-refractivity contribution in [2.75, 3.05) is 18.2 Å². The van der Waals surface area contributed by atoms with Crippen molar-refractivity contribution < 1.29 is 18.3 Å². The van der Waals surface area contributed by atoms with E-state index in [4.69, 9.17) is 10.5 Å². The second-order valence-corrected chi connectivity index (χ2v) is 4.40. The number of nitrogens with two attached hydrogens (primary N) is 1. The third-order valence-corrected chi connectivity index (χ3v) is 2.88. The monoisotopic (exact) mass is 292 g/mol. The predicted molar refractivity (Wildman–Crippen MR) is 76.1 cm³/mol. The summed E-state index contributed by atoms with van der Waals surface area (Å²) in [6, 6.07) is 8.44. The summed E-state index contributed by atoms with van der Waals surface area (Å²) in [5.74, 6) is -2.09. The van der Waals surface area contributed by atoms with E-state index in [1.165, 1.54) is 19.2 Å². The summed E-state index contributed by atoms with van der Waals surface area (Å²) >= 11 is 0. The summed E-state index contributed by atoms with van der Waals surface area (Å²) < 4.78 is 31.7. The fourth-order valence-electron chi connectivity index (χ4n) is 1.86. The van der Waals surface area contributed by atoms with Gasteiger partial charge in [0.25, 0.3) is 0 Å². The van der Waals surface area contributed by atoms with Crippen LogP contribution in [0.1, 0.15) is 5.56 Å². The standard InChI is InChI=1S/C15H14F2N2O2/c1-21-13-8-10(18)5-6-12(13)19-14(20)7-9-3-2-4-11(16)15(9)17/h2-6,8H,7,18H2,1H3,(H,19,20). The fourth-order valence-corrected chi connectivity index (χ4v) is 1.86. The zero-order valence-electron chi connectivity index (χ0n) is 11.3. The molecular formula is C15H14F2N2O2. The molecule has 0 atom stereocenters. The first-order valence-corrected chi connectivity index (χ1v) is 6.17. The maximum atomic E-state index is 13.5. The van der Waals surface area contributed by atoms with Crippen LogP contribution in [0.4, 0.5) is 20.2 Å². The highest BCUT2D eigenvalue weighted by molar-refractivity contribution is 5.94. The van der Waals surface area contributed by atoms with Gasteiger partial charge in [-0.2, -0.15) is 0 Å². The zero-order valence-corrected chi connectivity index (χ0v) is 11.3. The summed E-state index contributed by atoms with van der Waals surface area (Å²) in [5.41, 5.74) is 6.50. The largest absolute Gasteiger partial charge is 0.494 e. The minimum atomic E-state index is -1.02. The van der Waals surface area contributed by atoms with Gasteiger partial charge in [-0.15, -0.1) is 0 Å². The van der Waals surface area contributed by atoms with E-state index in [2.05, 4.69) is 5.32 Å². The molecule has 0 radical (unpaired) electrons. The molecule has 4 nitrogen and oxygen atoms in total. The quantitative estimate of drug-likeness (QED) is 0.852. The highest BCUT2D eigenvalue weighted by Crippen LogP contribution is 2.26. The number of hydrogen-bond donors (Lipinski definition) is 2. The molecule has 0 saturated carbocycles. The number of benzene rings is 2. The number of amides is 1. The molecule has 0 fully saturated rings. The van der Waals surface area contributed by atoms with Crippen molar-refractivity contribution in [3.63, 3.8) is 0 Å². The molecule has 3 N–H and O–H groups in total. The molecule has 0 spiro atoms. The minimum absolute atomic E-state index is 0.0121. The van der Waals surface area contributed by atoms with Crippen LogP contribution in [-0.4, -0.2) is 13.0 Å². The first kappa shape index (κ1) is 14.8. The lowest BCUT2D eigenvalue weighted by Crippen LogP contribution is -2.16. The average molecular weight is 292 g/mol. The molecule has 21 heavy (non-hydrogen) atoms. The van der Waals surface area contributed by atoms with Crippen molar-refractivity contribution in [2.24, 2.45) is 0 Å². The number of methoxy groups -OCH3 is 1. The average Bonchev–Trinajstić information content (AvgIpc) is 2.45. The van der Waals surface area contributed by atoms with E-state index in [0.29, 0.717) is 17.1 Å². The molecule has 110 valence electrons. The van der Waals surface area contributed by atoms with Gasteiger partial charge in [0.15, 0.2) is 11.6 Å². The Balaban J connectivity index is 2.14. The SMILES string of the molecule is COc1cc(N)ccc1NC(=O)Cc1cccc(F)c1F. The van der Waals surface area contributed by atoms with Gasteiger partial charge >= 0.3 is 0 Å². The normalized spacial score (nSPS) is 10.2. The van der Waals surface area contributed by atoms with Crippen LogP contribution in [0.15, 0.2) is 36.4 Å². The van der Waals surface area contributed by atoms with Gasteiger partial charge in [-0.05, 0) is 18.2 Å². The number of hydrogen-bond acceptors (Lipinski definition) is 3. The Morgan fingerprint density at radius 3 is 2.76 bits per heavy atom. The number of anilines is 2. The second kappa shape index (κ2) is 6.21. The summed E-state index contributed by atoms with van der Waals surface area (Å²) in [5, 5.41) is 2.58. The van der Waals surface area contributed by atoms with Crippen LogP contribution in [0.25, 0.3) is 0 Å². The maximum Gasteiger partial charge on any atom is 0.229 e. The topological polar surface area (TPSA) is 64.3 Å². The number of halogens is 2. The Morgan fingerprint density at radius 2 is 2.05 bits per heavy atom. The Labute approximate surface area is 120 Å². The van der Waals surface area contributed by atoms with Gasteiger partial charge in [0.05, 0.1) is 19.2 Å². The van der Waals surface area contributed by atoms with Crippen molar-refractivity contribution in [1.82, 2.24) is 0 Å². The van der Waals surface area contributed by atoms with Gasteiger partial charge in [-0.25, -0.2) is 8.78 Å². The van der Waals surface area contributed by atoms with Crippen LogP contribution < -0.4 is 15.8 Å². The van der Waals surface area contributed by atoms with E-state index in [9.17, 15) is 13.6 Å². The molecule has 0 saturated heterocycles. The molecule has 2 aromatic rings. The summed E-state index contributed by atoms with van der Waals surface area (Å²) in [7, 11) is 1.44. The zero-order chi connectivity index (χ0) is 15.4. The van der Waals surface area contributed by atoms with Crippen LogP contribution in [-0.2, 0) is 11.2 Å². The van der Waals surface area contributed by atoms with Gasteiger partial charge < -0.3 is 15.8 Å². The third kappa shape index (κ3) is 3.47. The minimum Gasteiger partial charge on any atom is -0.494 e. The third-order valence-electron chi connectivity index (χ3n) is 2.88. The van der Waals surface area contributed by atoms with Crippen LogP contribution in [0, 0.1) is 11.6 Å². The van der Waals surface area contributed by atoms with Gasteiger partial charge in [0.2, 0.25) is 5.91 Å². The van der Waals surface area contributed by atoms with Gasteiger partial charge in [-0.1, -0.05) is 12.1 Å². The first-order valence-electron chi connectivity index (χ1n) is 6.17. The van der Waals surface area contributed by atoms with Crippen molar-refractivity contribution in [3.05, 3.63) is 53.6 Å². The van der Waals surface area contributed by atoms with E-state index in [-0.39, 0.29) is 12.0 Å². The Morgan fingerprint density at radius 1 is 1.29 bits per heavy atom. The molecular weight excluding hydrogens is 278 g/mol. The van der Waals surface area contributed by atoms with Gasteiger partial charge in [-0.3, -0.25) is 4.79 Å². The van der Waals surface area contributed by atoms with Crippen molar-refractivity contribution >= 4 is 17.3 Å². The predicted octanol–water partition coefficient (Wildman–Crippen LogP) is 2.74. The van der Waals surface area contributed by atoms with Crippen molar-refractivity contribution in [2.45, 2.75) is 6.42 Å². The van der Waals surface area contributed by atoms with Crippen LogP contribution in [0.3, 0.4) is 0 Å². The summed E-state index contributed by atoms with van der Waals surface area (Å²) in [6.07, 6.45) is -0.281. The second-order valence-electron chi connectivity index (χ2n) is 4.40. The number of nitrogen functional groups attached to an aromatic ring is 1. The molecule has 2 rings (SSSR count). The maximum absolute atomic E-state index is 13.5. The van der Waals surface area contributed by atoms with E-state index in [1.807, 2.05) is 0 Å². The lowest BCUT2D eigenvalue weighted by molar-refractivity contribution is -0.115. The lowest BCUT2D eigenvalue weighted by atomic mass is 10.1. The van der Waals surface area contributed by atoms with E-state index < -0.39 is 17.5 Å². The molecule has 0 unspecified atom stereocenters. The number of carbonyl (C=O) groups excluding carboxylic acids is 1. The fraction of sp³-hybridized carbons (Fsp3) is 0.133. The molecule has 0 aromatic heterocycles. The molecule has 2 aromatic carbocycles. The van der Waals surface area contributed by atoms with E-state index in [1.54, 1.807) is 18.2 Å². The molecule has 6 heteroatoms. The number of rotatable bonds is 4. The molecule has 0 aliphatic rings. The Bertz CT molecular complexity index is 675. The smallest absolute Gasteiger partial charge is 0.229 e. The van der Waals surface area contributed by atoms with E-state index >= 15 is 0 Å². The summed E-state index contributed by atoms with van der Waals surface area (Å²) in [6.45, 7) is 0. The van der Waals surface area contributed by atoms with Crippen LogP contribution in [0.5, 0.6) is 5.75 Å². The molecule has 0 aliphatic carbocycles. The lowest BCUT2D eigenvalue weighted by Gasteiger charge is -2.11. The summed E-state index contributed by atoms with van der Waals surface area (Å²) in [4.78, 5) is 11.9. The van der Waals surface area contributed by atoms with Crippen LogP contribution in [0.2, 0.25) is 0 Å². The highest BCUT2D eigenvalue weighted by Gasteiger charge is 2.13. The highest BCUT2D eigenvalue weighted by atomic mass is 19.2. The first-order chi connectivity index (χ1) is 10.0. The van der Waals surface area contributed by atoms with Gasteiger partial charge in [0.1, 0.15) is 5.75 Å². The van der Waals surface area contributed by atoms with Crippen molar-refractivity contribution in [1.29, 1.82) is 0 Å².